The van der Waals surface area contributed by atoms with Gasteiger partial charge in [0.25, 0.3) is 10.0 Å². The molecular weight excluding hydrogens is 637 g/mol. The number of nitrogens with one attached hydrogen (secondary N) is 1. The molecule has 1 aliphatic rings. The molecule has 4 aromatic rings. The Kier molecular flexibility index (Phi) is 11.3. The third kappa shape index (κ3) is 8.58. The minimum absolute atomic E-state index is 0.00122. The molecule has 1 atom stereocenters. The van der Waals surface area contributed by atoms with Crippen molar-refractivity contribution < 1.29 is 22.4 Å². The number of benzene rings is 4. The fourth-order valence-electron chi connectivity index (χ4n) is 6.04. The highest BCUT2D eigenvalue weighted by Gasteiger charge is 2.36. The quantitative estimate of drug-likeness (QED) is 0.174. The van der Waals surface area contributed by atoms with Crippen LogP contribution < -0.4 is 9.62 Å². The molecule has 0 radical (unpaired) electrons. The lowest BCUT2D eigenvalue weighted by atomic mass is 9.94. The monoisotopic (exact) mass is 675 g/mol. The molecule has 1 fully saturated rings. The molecule has 10 heteroatoms. The number of halogens is 2. The molecule has 0 heterocycles. The van der Waals surface area contributed by atoms with Crippen LogP contribution in [0, 0.1) is 12.7 Å². The van der Waals surface area contributed by atoms with Crippen LogP contribution in [-0.4, -0.2) is 43.8 Å². The average Bonchev–Trinajstić information content (AvgIpc) is 3.07. The molecule has 1 aliphatic carbocycles. The number of sulfonamides is 1. The van der Waals surface area contributed by atoms with Gasteiger partial charge in [-0.15, -0.1) is 0 Å². The van der Waals surface area contributed by atoms with E-state index in [-0.39, 0.29) is 41.1 Å². The first kappa shape index (κ1) is 34.1. The van der Waals surface area contributed by atoms with Gasteiger partial charge in [-0.3, -0.25) is 13.9 Å². The molecule has 0 bridgehead atoms. The zero-order valence-corrected chi connectivity index (χ0v) is 27.9. The van der Waals surface area contributed by atoms with E-state index in [1.165, 1.54) is 23.1 Å². The van der Waals surface area contributed by atoms with Crippen molar-refractivity contribution in [2.45, 2.75) is 69.0 Å². The summed E-state index contributed by atoms with van der Waals surface area (Å²) in [6.07, 6.45) is 4.93. The van der Waals surface area contributed by atoms with E-state index in [0.29, 0.717) is 10.6 Å². The maximum atomic E-state index is 15.1. The molecule has 1 saturated carbocycles. The highest BCUT2D eigenvalue weighted by Crippen LogP contribution is 2.30. The van der Waals surface area contributed by atoms with Crippen LogP contribution in [0.4, 0.5) is 10.1 Å². The molecule has 5 rings (SSSR count). The minimum atomic E-state index is -4.26. The molecule has 246 valence electrons. The van der Waals surface area contributed by atoms with Crippen LogP contribution >= 0.6 is 11.6 Å². The van der Waals surface area contributed by atoms with E-state index in [4.69, 9.17) is 11.6 Å². The Morgan fingerprint density at radius 3 is 2.19 bits per heavy atom. The summed E-state index contributed by atoms with van der Waals surface area (Å²) in [4.78, 5) is 30.1. The molecule has 4 aromatic carbocycles. The number of hydrogen-bond acceptors (Lipinski definition) is 4. The van der Waals surface area contributed by atoms with Gasteiger partial charge in [0.05, 0.1) is 10.6 Å². The summed E-state index contributed by atoms with van der Waals surface area (Å²) in [5, 5.41) is 3.57. The summed E-state index contributed by atoms with van der Waals surface area (Å²) in [6, 6.07) is 26.9. The standard InChI is InChI=1S/C37H39ClFN3O4S/c1-27-23-30(38)21-22-34(27)42(47(45,46)32-18-9-4-10-19-32)26-36(43)41(25-29-15-11-12-20-33(29)39)35(24-28-13-5-2-6-14-28)37(44)40-31-16-7-3-8-17-31/h2,4-6,9-15,18-23,31,35H,3,7-8,16-17,24-26H2,1H3,(H,40,44)/t35-/m0/s1. The smallest absolute Gasteiger partial charge is 0.264 e. The van der Waals surface area contributed by atoms with E-state index in [0.717, 1.165) is 42.0 Å². The number of carbonyl (C=O) groups is 2. The van der Waals surface area contributed by atoms with Gasteiger partial charge in [0.15, 0.2) is 0 Å². The molecule has 0 spiro atoms. The number of nitrogens with zero attached hydrogens (tertiary/aromatic N) is 2. The Balaban J connectivity index is 1.58. The minimum Gasteiger partial charge on any atom is -0.352 e. The van der Waals surface area contributed by atoms with Crippen LogP contribution in [0.2, 0.25) is 5.02 Å². The fourth-order valence-corrected chi connectivity index (χ4v) is 7.77. The Labute approximate surface area is 281 Å². The predicted octanol–water partition coefficient (Wildman–Crippen LogP) is 7.07. The molecular formula is C37H39ClFN3O4S. The van der Waals surface area contributed by atoms with Crippen LogP contribution in [0.3, 0.4) is 0 Å². The van der Waals surface area contributed by atoms with Gasteiger partial charge >= 0.3 is 0 Å². The number of hydrogen-bond donors (Lipinski definition) is 1. The van der Waals surface area contributed by atoms with Gasteiger partial charge in [-0.2, -0.15) is 0 Å². The summed E-state index contributed by atoms with van der Waals surface area (Å²) in [5.74, 6) is -1.54. The molecule has 7 nitrogen and oxygen atoms in total. The Hall–Kier alpha value is -4.21. The molecule has 0 unspecified atom stereocenters. The second kappa shape index (κ2) is 15.6. The molecule has 47 heavy (non-hydrogen) atoms. The van der Waals surface area contributed by atoms with Crippen molar-refractivity contribution >= 4 is 39.1 Å². The lowest BCUT2D eigenvalue weighted by Gasteiger charge is -2.35. The topological polar surface area (TPSA) is 86.8 Å². The molecule has 0 saturated heterocycles. The second-order valence-corrected chi connectivity index (χ2v) is 14.2. The zero-order valence-electron chi connectivity index (χ0n) is 26.3. The van der Waals surface area contributed by atoms with E-state index in [2.05, 4.69) is 5.32 Å². The van der Waals surface area contributed by atoms with Gasteiger partial charge in [-0.1, -0.05) is 97.6 Å². The molecule has 1 N–H and O–H groups in total. The summed E-state index contributed by atoms with van der Waals surface area (Å²) in [6.45, 7) is 0.849. The summed E-state index contributed by atoms with van der Waals surface area (Å²) in [7, 11) is -4.26. The fraction of sp³-hybridized carbons (Fsp3) is 0.297. The van der Waals surface area contributed by atoms with Gasteiger partial charge < -0.3 is 10.2 Å². The Morgan fingerprint density at radius 1 is 0.894 bits per heavy atom. The summed E-state index contributed by atoms with van der Waals surface area (Å²) in [5.41, 5.74) is 1.83. The largest absolute Gasteiger partial charge is 0.352 e. The van der Waals surface area contributed by atoms with Crippen LogP contribution in [0.15, 0.2) is 108 Å². The molecule has 0 aliphatic heterocycles. The Morgan fingerprint density at radius 2 is 1.53 bits per heavy atom. The molecule has 0 aromatic heterocycles. The third-order valence-corrected chi connectivity index (χ3v) is 10.6. The average molecular weight is 676 g/mol. The van der Waals surface area contributed by atoms with Crippen molar-refractivity contribution in [3.8, 4) is 0 Å². The van der Waals surface area contributed by atoms with E-state index in [1.807, 2.05) is 30.3 Å². The van der Waals surface area contributed by atoms with E-state index < -0.39 is 34.3 Å². The maximum absolute atomic E-state index is 15.1. The number of amides is 2. The normalized spacial score (nSPS) is 14.3. The van der Waals surface area contributed by atoms with Crippen molar-refractivity contribution in [2.75, 3.05) is 10.8 Å². The van der Waals surface area contributed by atoms with Crippen LogP contribution in [0.5, 0.6) is 0 Å². The van der Waals surface area contributed by atoms with Crippen LogP contribution in [0.1, 0.15) is 48.8 Å². The van der Waals surface area contributed by atoms with Crippen molar-refractivity contribution in [3.05, 3.63) is 131 Å². The zero-order chi connectivity index (χ0) is 33.4. The first-order valence-electron chi connectivity index (χ1n) is 15.8. The first-order valence-corrected chi connectivity index (χ1v) is 17.7. The van der Waals surface area contributed by atoms with Gasteiger partial charge in [0.2, 0.25) is 11.8 Å². The highest BCUT2D eigenvalue weighted by molar-refractivity contribution is 7.92. The predicted molar refractivity (Wildman–Crippen MR) is 183 cm³/mol. The number of anilines is 1. The number of aryl methyl sites for hydroxylation is 1. The first-order chi connectivity index (χ1) is 22.6. The SMILES string of the molecule is Cc1cc(Cl)ccc1N(CC(=O)N(Cc1ccccc1F)[C@@H](Cc1ccccc1)C(=O)NC1CCCCC1)S(=O)(=O)c1ccccc1. The molecule has 2 amide bonds. The highest BCUT2D eigenvalue weighted by atomic mass is 35.5. The van der Waals surface area contributed by atoms with Crippen molar-refractivity contribution in [1.29, 1.82) is 0 Å². The van der Waals surface area contributed by atoms with Gasteiger partial charge in [-0.05, 0) is 67.3 Å². The van der Waals surface area contributed by atoms with E-state index in [9.17, 15) is 18.0 Å². The summed E-state index contributed by atoms with van der Waals surface area (Å²) < 4.78 is 44.6. The number of rotatable bonds is 12. The van der Waals surface area contributed by atoms with E-state index >= 15 is 4.39 Å². The van der Waals surface area contributed by atoms with Crippen molar-refractivity contribution in [2.24, 2.45) is 0 Å². The van der Waals surface area contributed by atoms with Crippen molar-refractivity contribution in [3.63, 3.8) is 0 Å². The van der Waals surface area contributed by atoms with Crippen LogP contribution in [-0.2, 0) is 32.6 Å². The van der Waals surface area contributed by atoms with Gasteiger partial charge in [0, 0.05) is 29.6 Å². The van der Waals surface area contributed by atoms with Gasteiger partial charge in [0.1, 0.15) is 18.4 Å². The number of carbonyl (C=O) groups excluding carboxylic acids is 2. The maximum Gasteiger partial charge on any atom is 0.264 e. The summed E-state index contributed by atoms with van der Waals surface area (Å²) >= 11 is 6.22. The van der Waals surface area contributed by atoms with E-state index in [1.54, 1.807) is 61.5 Å². The second-order valence-electron chi connectivity index (χ2n) is 11.9. The lowest BCUT2D eigenvalue weighted by molar-refractivity contribution is -0.140. The Bertz CT molecular complexity index is 1780. The van der Waals surface area contributed by atoms with Crippen LogP contribution in [0.25, 0.3) is 0 Å². The van der Waals surface area contributed by atoms with Crippen molar-refractivity contribution in [1.82, 2.24) is 10.2 Å². The lowest BCUT2D eigenvalue weighted by Crippen LogP contribution is -2.55. The third-order valence-electron chi connectivity index (χ3n) is 8.56. The van der Waals surface area contributed by atoms with Gasteiger partial charge in [-0.25, -0.2) is 12.8 Å².